The van der Waals surface area contributed by atoms with Gasteiger partial charge in [-0.15, -0.1) is 0 Å². The van der Waals surface area contributed by atoms with E-state index in [0.29, 0.717) is 31.7 Å². The second-order valence-electron chi connectivity index (χ2n) is 6.08. The number of amides is 1. The van der Waals surface area contributed by atoms with Gasteiger partial charge in [0.05, 0.1) is 12.5 Å². The number of nitrogens with zero attached hydrogens (tertiary/aromatic N) is 2. The highest BCUT2D eigenvalue weighted by Crippen LogP contribution is 2.20. The molecule has 1 heterocycles. The minimum Gasteiger partial charge on any atom is -0.492 e. The molecule has 1 atom stereocenters. The van der Waals surface area contributed by atoms with Crippen molar-refractivity contribution in [3.05, 3.63) is 30.1 Å². The zero-order valence-electron chi connectivity index (χ0n) is 14.4. The van der Waals surface area contributed by atoms with Gasteiger partial charge in [-0.25, -0.2) is 4.39 Å². The summed E-state index contributed by atoms with van der Waals surface area (Å²) in [7, 11) is -0.544. The molecule has 25 heavy (non-hydrogen) atoms. The fourth-order valence-electron chi connectivity index (χ4n) is 2.62. The van der Waals surface area contributed by atoms with Crippen LogP contribution in [0.4, 0.5) is 4.39 Å². The molecule has 7 nitrogen and oxygen atoms in total. The van der Waals surface area contributed by atoms with E-state index < -0.39 is 10.2 Å². The average Bonchev–Trinajstić information content (AvgIpc) is 2.60. The van der Waals surface area contributed by atoms with Crippen LogP contribution >= 0.6 is 0 Å². The summed E-state index contributed by atoms with van der Waals surface area (Å²) in [5, 5.41) is 2.76. The lowest BCUT2D eigenvalue weighted by atomic mass is 9.99. The van der Waals surface area contributed by atoms with Crippen LogP contribution in [-0.4, -0.2) is 63.3 Å². The third-order valence-electron chi connectivity index (χ3n) is 4.03. The molecule has 1 aliphatic rings. The fraction of sp³-hybridized carbons (Fsp3) is 0.562. The van der Waals surface area contributed by atoms with Crippen molar-refractivity contribution in [2.45, 2.75) is 12.8 Å². The molecular formula is C16H24FN3O4S. The van der Waals surface area contributed by atoms with E-state index in [-0.39, 0.29) is 30.8 Å². The average molecular weight is 373 g/mol. The highest BCUT2D eigenvalue weighted by molar-refractivity contribution is 7.86. The van der Waals surface area contributed by atoms with Crippen molar-refractivity contribution in [2.75, 3.05) is 40.3 Å². The Balaban J connectivity index is 1.77. The predicted molar refractivity (Wildman–Crippen MR) is 91.8 cm³/mol. The summed E-state index contributed by atoms with van der Waals surface area (Å²) in [5.41, 5.74) is 0. The molecule has 1 saturated heterocycles. The van der Waals surface area contributed by atoms with Crippen LogP contribution in [0, 0.1) is 11.7 Å². The lowest BCUT2D eigenvalue weighted by Gasteiger charge is -2.32. The number of ether oxygens (including phenoxy) is 1. The van der Waals surface area contributed by atoms with Gasteiger partial charge < -0.3 is 10.1 Å². The number of benzene rings is 1. The van der Waals surface area contributed by atoms with E-state index in [0.717, 1.165) is 4.31 Å². The Bertz CT molecular complexity index is 679. The molecule has 140 valence electrons. The molecular weight excluding hydrogens is 349 g/mol. The molecule has 0 aliphatic carbocycles. The Morgan fingerprint density at radius 1 is 1.36 bits per heavy atom. The van der Waals surface area contributed by atoms with Gasteiger partial charge in [-0.1, -0.05) is 0 Å². The van der Waals surface area contributed by atoms with Gasteiger partial charge in [0, 0.05) is 27.2 Å². The van der Waals surface area contributed by atoms with Crippen LogP contribution in [0.3, 0.4) is 0 Å². The largest absolute Gasteiger partial charge is 0.492 e. The molecule has 0 aromatic heterocycles. The first-order valence-corrected chi connectivity index (χ1v) is 9.54. The highest BCUT2D eigenvalue weighted by atomic mass is 32.2. The van der Waals surface area contributed by atoms with Crippen molar-refractivity contribution >= 4 is 16.1 Å². The first kappa shape index (κ1) is 19.6. The third kappa shape index (κ3) is 5.38. The normalized spacial score (nSPS) is 19.0. The Kier molecular flexibility index (Phi) is 6.74. The second-order valence-corrected chi connectivity index (χ2v) is 8.22. The van der Waals surface area contributed by atoms with Gasteiger partial charge in [0.25, 0.3) is 10.2 Å². The third-order valence-corrected chi connectivity index (χ3v) is 5.93. The lowest BCUT2D eigenvalue weighted by Crippen LogP contribution is -2.49. The Hall–Kier alpha value is -1.71. The van der Waals surface area contributed by atoms with Crippen molar-refractivity contribution in [1.82, 2.24) is 13.9 Å². The minimum absolute atomic E-state index is 0.179. The predicted octanol–water partition coefficient (Wildman–Crippen LogP) is 0.839. The number of rotatable bonds is 7. The van der Waals surface area contributed by atoms with Crippen LogP contribution in [0.15, 0.2) is 24.3 Å². The Morgan fingerprint density at radius 3 is 2.68 bits per heavy atom. The number of hydrogen-bond donors (Lipinski definition) is 1. The molecule has 1 aromatic carbocycles. The van der Waals surface area contributed by atoms with Crippen LogP contribution in [-0.2, 0) is 15.0 Å². The lowest BCUT2D eigenvalue weighted by molar-refractivity contribution is -0.126. The van der Waals surface area contributed by atoms with Crippen molar-refractivity contribution in [3.8, 4) is 5.75 Å². The van der Waals surface area contributed by atoms with E-state index in [1.54, 1.807) is 0 Å². The van der Waals surface area contributed by atoms with Gasteiger partial charge in [0.2, 0.25) is 5.91 Å². The number of carbonyl (C=O) groups is 1. The summed E-state index contributed by atoms with van der Waals surface area (Å²) in [5.74, 6) is -0.359. The van der Waals surface area contributed by atoms with Crippen LogP contribution in [0.2, 0.25) is 0 Å². The second kappa shape index (κ2) is 8.59. The van der Waals surface area contributed by atoms with Crippen LogP contribution in [0.1, 0.15) is 12.8 Å². The van der Waals surface area contributed by atoms with Crippen LogP contribution in [0.25, 0.3) is 0 Å². The molecule has 1 fully saturated rings. The molecule has 9 heteroatoms. The Labute approximate surface area is 147 Å². The highest BCUT2D eigenvalue weighted by Gasteiger charge is 2.33. The molecule has 1 aromatic rings. The molecule has 0 bridgehead atoms. The van der Waals surface area contributed by atoms with Crippen LogP contribution in [0.5, 0.6) is 5.75 Å². The van der Waals surface area contributed by atoms with Crippen molar-refractivity contribution in [2.24, 2.45) is 5.92 Å². The molecule has 0 saturated carbocycles. The SMILES string of the molecule is CN(C)S(=O)(=O)N1CCCC(C(=O)NCCOc2ccc(F)cc2)C1. The van der Waals surface area contributed by atoms with Gasteiger partial charge in [-0.3, -0.25) is 4.79 Å². The molecule has 1 aliphatic heterocycles. The summed E-state index contributed by atoms with van der Waals surface area (Å²) < 4.78 is 45.0. The monoisotopic (exact) mass is 373 g/mol. The van der Waals surface area contributed by atoms with Crippen LogP contribution < -0.4 is 10.1 Å². The molecule has 1 unspecified atom stereocenters. The molecule has 0 radical (unpaired) electrons. The summed E-state index contributed by atoms with van der Waals surface area (Å²) in [6.45, 7) is 1.17. The van der Waals surface area contributed by atoms with Gasteiger partial charge >= 0.3 is 0 Å². The van der Waals surface area contributed by atoms with E-state index in [2.05, 4.69) is 5.32 Å². The van der Waals surface area contributed by atoms with Crippen molar-refractivity contribution < 1.29 is 22.3 Å². The molecule has 0 spiro atoms. The van der Waals surface area contributed by atoms with Crippen molar-refractivity contribution in [1.29, 1.82) is 0 Å². The Morgan fingerprint density at radius 2 is 2.04 bits per heavy atom. The van der Waals surface area contributed by atoms with E-state index >= 15 is 0 Å². The zero-order chi connectivity index (χ0) is 18.4. The molecule has 1 amide bonds. The number of piperidine rings is 1. The minimum atomic E-state index is -3.50. The van der Waals surface area contributed by atoms with Crippen molar-refractivity contribution in [3.63, 3.8) is 0 Å². The summed E-state index contributed by atoms with van der Waals surface area (Å²) in [4.78, 5) is 12.2. The van der Waals surface area contributed by atoms with Gasteiger partial charge in [0.15, 0.2) is 0 Å². The van der Waals surface area contributed by atoms with E-state index in [1.165, 1.54) is 42.7 Å². The molecule has 2 rings (SSSR count). The van der Waals surface area contributed by atoms with Gasteiger partial charge in [-0.05, 0) is 37.1 Å². The van der Waals surface area contributed by atoms with Gasteiger partial charge in [-0.2, -0.15) is 17.0 Å². The first-order valence-electron chi connectivity index (χ1n) is 8.14. The smallest absolute Gasteiger partial charge is 0.281 e. The maximum Gasteiger partial charge on any atom is 0.281 e. The number of nitrogens with one attached hydrogen (secondary N) is 1. The topological polar surface area (TPSA) is 79.0 Å². The summed E-state index contributed by atoms with van der Waals surface area (Å²) in [6, 6.07) is 5.63. The molecule has 1 N–H and O–H groups in total. The van der Waals surface area contributed by atoms with E-state index in [4.69, 9.17) is 4.74 Å². The summed E-state index contributed by atoms with van der Waals surface area (Å²) in [6.07, 6.45) is 1.31. The maximum absolute atomic E-state index is 12.8. The number of hydrogen-bond acceptors (Lipinski definition) is 4. The summed E-state index contributed by atoms with van der Waals surface area (Å²) >= 11 is 0. The fourth-order valence-corrected chi connectivity index (χ4v) is 3.81. The van der Waals surface area contributed by atoms with E-state index in [9.17, 15) is 17.6 Å². The first-order chi connectivity index (χ1) is 11.8. The number of carbonyl (C=O) groups excluding carboxylic acids is 1. The quantitative estimate of drug-likeness (QED) is 0.719. The number of halogens is 1. The van der Waals surface area contributed by atoms with Gasteiger partial charge in [0.1, 0.15) is 18.2 Å². The van der Waals surface area contributed by atoms with E-state index in [1.807, 2.05) is 0 Å². The maximum atomic E-state index is 12.8. The standard InChI is InChI=1S/C16H24FN3O4S/c1-19(2)25(22,23)20-10-3-4-13(12-20)16(21)18-9-11-24-15-7-5-14(17)6-8-15/h5-8,13H,3-4,9-12H2,1-2H3,(H,18,21). The zero-order valence-corrected chi connectivity index (χ0v) is 15.3.